The highest BCUT2D eigenvalue weighted by molar-refractivity contribution is 7.91. The number of rotatable bonds is 2. The highest BCUT2D eigenvalue weighted by Crippen LogP contribution is 2.32. The first-order chi connectivity index (χ1) is 7.60. The van der Waals surface area contributed by atoms with E-state index in [-0.39, 0.29) is 4.88 Å². The first-order valence-electron chi connectivity index (χ1n) is 4.60. The summed E-state index contributed by atoms with van der Waals surface area (Å²) >= 11 is -1.01. The topological polar surface area (TPSA) is 48.3 Å². The minimum absolute atomic E-state index is 0.231. The van der Waals surface area contributed by atoms with Gasteiger partial charge in [0.2, 0.25) is 0 Å². The van der Waals surface area contributed by atoms with Crippen LogP contribution >= 0.6 is 11.3 Å². The fourth-order valence-corrected chi connectivity index (χ4v) is 1.98. The van der Waals surface area contributed by atoms with Crippen LogP contribution < -0.4 is 0 Å². The van der Waals surface area contributed by atoms with E-state index in [0.29, 0.717) is 11.3 Å². The zero-order valence-corrected chi connectivity index (χ0v) is 11.0. The maximum Gasteiger partial charge on any atom is 0.443 e. The second-order valence-electron chi connectivity index (χ2n) is 4.16. The molecule has 1 aromatic heterocycles. The summed E-state index contributed by atoms with van der Waals surface area (Å²) in [5, 5.41) is -0.930. The fraction of sp³-hybridized carbons (Fsp3) is 0.556. The zero-order valence-electron chi connectivity index (χ0n) is 9.41. The standard InChI is InChI=1S/C9H11F3N2OS2/c1-8(2,3)17(15)14-5-6-4-13-7(16-6)9(10,11)12/h4-5H,1-3H3/b14-5+. The van der Waals surface area contributed by atoms with Gasteiger partial charge in [-0.15, -0.1) is 11.3 Å². The van der Waals surface area contributed by atoms with E-state index in [1.54, 1.807) is 20.8 Å². The second-order valence-corrected chi connectivity index (χ2v) is 7.16. The maximum atomic E-state index is 12.2. The molecule has 0 N–H and O–H groups in total. The van der Waals surface area contributed by atoms with Crippen LogP contribution in [0.25, 0.3) is 0 Å². The number of hydrogen-bond donors (Lipinski definition) is 0. The maximum absolute atomic E-state index is 12.2. The van der Waals surface area contributed by atoms with Gasteiger partial charge in [-0.1, -0.05) is 4.40 Å². The quantitative estimate of drug-likeness (QED) is 0.619. The number of nitrogens with zero attached hydrogens (tertiary/aromatic N) is 2. The minimum atomic E-state index is -4.44. The van der Waals surface area contributed by atoms with Gasteiger partial charge < -0.3 is 4.55 Å². The normalized spacial score (nSPS) is 15.5. The molecule has 0 saturated heterocycles. The Morgan fingerprint density at radius 3 is 2.41 bits per heavy atom. The average molecular weight is 284 g/mol. The van der Waals surface area contributed by atoms with Crippen LogP contribution in [0.4, 0.5) is 13.2 Å². The van der Waals surface area contributed by atoms with Gasteiger partial charge in [0.05, 0.1) is 11.1 Å². The Kier molecular flexibility index (Phi) is 4.21. The summed E-state index contributed by atoms with van der Waals surface area (Å²) in [7, 11) is 0. The summed E-state index contributed by atoms with van der Waals surface area (Å²) in [5.41, 5.74) is 0. The lowest BCUT2D eigenvalue weighted by Crippen LogP contribution is -2.25. The molecule has 1 rings (SSSR count). The first kappa shape index (κ1) is 14.5. The van der Waals surface area contributed by atoms with Crippen molar-refractivity contribution in [3.05, 3.63) is 16.1 Å². The summed E-state index contributed by atoms with van der Waals surface area (Å²) < 4.78 is 51.4. The van der Waals surface area contributed by atoms with Gasteiger partial charge in [0.1, 0.15) is 16.1 Å². The second kappa shape index (κ2) is 4.95. The smallest absolute Gasteiger partial charge is 0.443 e. The highest BCUT2D eigenvalue weighted by atomic mass is 32.2. The third kappa shape index (κ3) is 4.29. The Balaban J connectivity index is 2.77. The molecule has 0 saturated carbocycles. The van der Waals surface area contributed by atoms with Gasteiger partial charge in [0, 0.05) is 6.20 Å². The van der Waals surface area contributed by atoms with Crippen LogP contribution in [-0.2, 0) is 17.5 Å². The largest absolute Gasteiger partial charge is 0.591 e. The highest BCUT2D eigenvalue weighted by Gasteiger charge is 2.34. The molecule has 3 nitrogen and oxygen atoms in total. The van der Waals surface area contributed by atoms with E-state index in [1.165, 1.54) is 0 Å². The Bertz CT molecular complexity index is 409. The third-order valence-electron chi connectivity index (χ3n) is 1.57. The molecule has 96 valence electrons. The molecule has 0 radical (unpaired) electrons. The molecule has 1 unspecified atom stereocenters. The molecular formula is C9H11F3N2OS2. The summed E-state index contributed by atoms with van der Waals surface area (Å²) in [6.07, 6.45) is -2.22. The van der Waals surface area contributed by atoms with E-state index in [0.717, 1.165) is 12.4 Å². The van der Waals surface area contributed by atoms with Gasteiger partial charge in [-0.25, -0.2) is 4.98 Å². The number of hydrogen-bond acceptors (Lipinski definition) is 4. The first-order valence-corrected chi connectivity index (χ1v) is 6.52. The molecule has 0 aliphatic rings. The molecule has 1 atom stereocenters. The van der Waals surface area contributed by atoms with E-state index >= 15 is 0 Å². The van der Waals surface area contributed by atoms with Crippen LogP contribution in [-0.4, -0.2) is 20.5 Å². The summed E-state index contributed by atoms with van der Waals surface area (Å²) in [6, 6.07) is 0. The van der Waals surface area contributed by atoms with Crippen molar-refractivity contribution in [1.29, 1.82) is 0 Å². The average Bonchev–Trinajstić information content (AvgIpc) is 2.59. The van der Waals surface area contributed by atoms with Gasteiger partial charge in [-0.05, 0) is 20.8 Å². The van der Waals surface area contributed by atoms with E-state index in [1.807, 2.05) is 0 Å². The molecule has 1 heterocycles. The van der Waals surface area contributed by atoms with Gasteiger partial charge in [0.15, 0.2) is 5.01 Å². The molecular weight excluding hydrogens is 273 g/mol. The number of aromatic nitrogens is 1. The van der Waals surface area contributed by atoms with Crippen LogP contribution in [0, 0.1) is 0 Å². The van der Waals surface area contributed by atoms with Crippen molar-refractivity contribution in [2.45, 2.75) is 31.7 Å². The number of halogens is 3. The lowest BCUT2D eigenvalue weighted by atomic mass is 10.3. The molecule has 0 fully saturated rings. The van der Waals surface area contributed by atoms with Crippen LogP contribution in [0.15, 0.2) is 10.6 Å². The summed E-state index contributed by atoms with van der Waals surface area (Å²) in [5.74, 6) is 0. The third-order valence-corrected chi connectivity index (χ3v) is 3.89. The molecule has 0 aliphatic carbocycles. The van der Waals surface area contributed by atoms with Gasteiger partial charge >= 0.3 is 6.18 Å². The Morgan fingerprint density at radius 1 is 1.41 bits per heavy atom. The molecule has 0 spiro atoms. The Morgan fingerprint density at radius 2 is 2.00 bits per heavy atom. The predicted molar refractivity (Wildman–Crippen MR) is 62.6 cm³/mol. The molecule has 0 amide bonds. The lowest BCUT2D eigenvalue weighted by molar-refractivity contribution is -0.137. The lowest BCUT2D eigenvalue weighted by Gasteiger charge is -2.17. The van der Waals surface area contributed by atoms with E-state index in [9.17, 15) is 17.7 Å². The molecule has 0 aromatic carbocycles. The van der Waals surface area contributed by atoms with Crippen molar-refractivity contribution >= 4 is 28.9 Å². The monoisotopic (exact) mass is 284 g/mol. The van der Waals surface area contributed by atoms with Crippen LogP contribution in [0.2, 0.25) is 0 Å². The van der Waals surface area contributed by atoms with Crippen molar-refractivity contribution in [3.8, 4) is 0 Å². The Labute approximate surface area is 104 Å². The van der Waals surface area contributed by atoms with Gasteiger partial charge in [-0.2, -0.15) is 13.2 Å². The number of alkyl halides is 3. The van der Waals surface area contributed by atoms with Gasteiger partial charge in [0.25, 0.3) is 0 Å². The van der Waals surface area contributed by atoms with Crippen molar-refractivity contribution in [2.75, 3.05) is 0 Å². The fourth-order valence-electron chi connectivity index (χ4n) is 0.735. The predicted octanol–water partition coefficient (Wildman–Crippen LogP) is 3.04. The minimum Gasteiger partial charge on any atom is -0.591 e. The van der Waals surface area contributed by atoms with Crippen LogP contribution in [0.5, 0.6) is 0 Å². The summed E-state index contributed by atoms with van der Waals surface area (Å²) in [4.78, 5) is 3.46. The zero-order chi connectivity index (χ0) is 13.3. The Hall–Kier alpha value is -0.600. The van der Waals surface area contributed by atoms with E-state index < -0.39 is 27.3 Å². The summed E-state index contributed by atoms with van der Waals surface area (Å²) in [6.45, 7) is 5.19. The SMILES string of the molecule is CC(C)(C)[S+]([O-])/N=C/c1cnc(C(F)(F)F)s1. The number of thiazole rings is 1. The van der Waals surface area contributed by atoms with Gasteiger partial charge in [-0.3, -0.25) is 0 Å². The van der Waals surface area contributed by atoms with Crippen LogP contribution in [0.1, 0.15) is 30.7 Å². The molecule has 0 bridgehead atoms. The van der Waals surface area contributed by atoms with Crippen molar-refractivity contribution in [3.63, 3.8) is 0 Å². The van der Waals surface area contributed by atoms with E-state index in [4.69, 9.17) is 0 Å². The van der Waals surface area contributed by atoms with Crippen molar-refractivity contribution in [2.24, 2.45) is 4.40 Å². The molecule has 17 heavy (non-hydrogen) atoms. The molecule has 8 heteroatoms. The van der Waals surface area contributed by atoms with Crippen LogP contribution in [0.3, 0.4) is 0 Å². The molecule has 1 aromatic rings. The van der Waals surface area contributed by atoms with Crippen molar-refractivity contribution in [1.82, 2.24) is 4.98 Å². The van der Waals surface area contributed by atoms with Crippen molar-refractivity contribution < 1.29 is 17.7 Å². The molecule has 0 aliphatic heterocycles. The van der Waals surface area contributed by atoms with E-state index in [2.05, 4.69) is 9.38 Å².